The van der Waals surface area contributed by atoms with Crippen LogP contribution in [0.4, 0.5) is 0 Å². The zero-order chi connectivity index (χ0) is 31.9. The molecule has 10 nitrogen and oxygen atoms in total. The van der Waals surface area contributed by atoms with Crippen molar-refractivity contribution in [3.05, 3.63) is 141 Å². The summed E-state index contributed by atoms with van der Waals surface area (Å²) >= 11 is 0. The van der Waals surface area contributed by atoms with Crippen molar-refractivity contribution in [3.63, 3.8) is 0 Å². The van der Waals surface area contributed by atoms with Crippen molar-refractivity contribution >= 4 is 30.0 Å². The highest BCUT2D eigenvalue weighted by Crippen LogP contribution is 2.37. The second kappa shape index (κ2) is 13.7. The third-order valence-corrected chi connectivity index (χ3v) is 7.71. The normalized spacial score (nSPS) is 14.0. The standard InChI is InChI=1S/C35H30N2O8/c38-32(27-17-29(34(41)42)30(35(43)44)18-28(27)33(39)40)37(31-15-7-13-25-12-4-5-14-26(25)31)20-24-11-6-10-23(16-24)19-36-45-21-22-8-2-1-3-9-22/h1-6,8-12,14,16-19,31H,7,13,15,20-21H2,(H,39,40)(H,41,42)(H,43,44)/b36-19+/t31-/m0/s1. The fraction of sp³-hybridized carbons (Fsp3) is 0.171. The Bertz CT molecular complexity index is 1780. The molecule has 1 aliphatic rings. The van der Waals surface area contributed by atoms with E-state index in [1.165, 1.54) is 4.90 Å². The third kappa shape index (κ3) is 7.07. The van der Waals surface area contributed by atoms with Gasteiger partial charge in [-0.1, -0.05) is 78.0 Å². The molecule has 0 saturated heterocycles. The van der Waals surface area contributed by atoms with Crippen LogP contribution in [-0.2, 0) is 24.4 Å². The molecule has 4 aromatic carbocycles. The number of carbonyl (C=O) groups excluding carboxylic acids is 1. The van der Waals surface area contributed by atoms with Gasteiger partial charge in [0, 0.05) is 6.54 Å². The lowest BCUT2D eigenvalue weighted by molar-refractivity contribution is 0.0611. The molecule has 228 valence electrons. The first kappa shape index (κ1) is 30.7. The van der Waals surface area contributed by atoms with Gasteiger partial charge >= 0.3 is 17.9 Å². The summed E-state index contributed by atoms with van der Waals surface area (Å²) in [5, 5.41) is 33.3. The number of aromatic carboxylic acids is 3. The van der Waals surface area contributed by atoms with Crippen molar-refractivity contribution in [1.29, 1.82) is 0 Å². The number of carboxylic acids is 3. The van der Waals surface area contributed by atoms with Crippen LogP contribution in [0.25, 0.3) is 0 Å². The molecule has 0 bridgehead atoms. The second-order valence-electron chi connectivity index (χ2n) is 10.6. The summed E-state index contributed by atoms with van der Waals surface area (Å²) in [6, 6.07) is 25.7. The van der Waals surface area contributed by atoms with E-state index in [0.717, 1.165) is 47.2 Å². The number of amides is 1. The number of nitrogens with zero attached hydrogens (tertiary/aromatic N) is 2. The molecular formula is C35H30N2O8. The molecule has 0 fully saturated rings. The molecule has 0 unspecified atom stereocenters. The van der Waals surface area contributed by atoms with Crippen molar-refractivity contribution in [3.8, 4) is 0 Å². The molecule has 3 N–H and O–H groups in total. The number of aryl methyl sites for hydroxylation is 1. The van der Waals surface area contributed by atoms with Gasteiger partial charge in [0.05, 0.1) is 34.5 Å². The molecule has 0 heterocycles. The number of hydrogen-bond donors (Lipinski definition) is 3. The Morgan fingerprint density at radius 3 is 2.09 bits per heavy atom. The van der Waals surface area contributed by atoms with Crippen LogP contribution in [0.5, 0.6) is 0 Å². The third-order valence-electron chi connectivity index (χ3n) is 7.71. The lowest BCUT2D eigenvalue weighted by Crippen LogP contribution is -2.37. The number of fused-ring (bicyclic) bond motifs is 1. The quantitative estimate of drug-likeness (QED) is 0.138. The maximum atomic E-state index is 14.3. The van der Waals surface area contributed by atoms with Gasteiger partial charge in [-0.15, -0.1) is 0 Å². The Labute approximate surface area is 258 Å². The molecule has 0 aromatic heterocycles. The van der Waals surface area contributed by atoms with Gasteiger partial charge in [0.1, 0.15) is 6.61 Å². The van der Waals surface area contributed by atoms with Crippen molar-refractivity contribution in [2.75, 3.05) is 0 Å². The number of rotatable bonds is 11. The van der Waals surface area contributed by atoms with Gasteiger partial charge in [0.15, 0.2) is 0 Å². The first-order valence-corrected chi connectivity index (χ1v) is 14.3. The molecule has 10 heteroatoms. The lowest BCUT2D eigenvalue weighted by atomic mass is 9.86. The average Bonchev–Trinajstić information content (AvgIpc) is 3.05. The maximum Gasteiger partial charge on any atom is 0.336 e. The second-order valence-corrected chi connectivity index (χ2v) is 10.6. The summed E-state index contributed by atoms with van der Waals surface area (Å²) in [4.78, 5) is 57.3. The Hall–Kier alpha value is -5.77. The highest BCUT2D eigenvalue weighted by atomic mass is 16.6. The molecule has 1 aliphatic carbocycles. The van der Waals surface area contributed by atoms with Gasteiger partial charge in [-0.25, -0.2) is 14.4 Å². The number of hydrogen-bond acceptors (Lipinski definition) is 6. The van der Waals surface area contributed by atoms with E-state index in [2.05, 4.69) is 5.16 Å². The highest BCUT2D eigenvalue weighted by molar-refractivity contribution is 6.10. The van der Waals surface area contributed by atoms with Crippen molar-refractivity contribution in [2.24, 2.45) is 5.16 Å². The average molecular weight is 607 g/mol. The fourth-order valence-electron chi connectivity index (χ4n) is 5.59. The van der Waals surface area contributed by atoms with Gasteiger partial charge in [0.2, 0.25) is 0 Å². The van der Waals surface area contributed by atoms with E-state index in [1.54, 1.807) is 12.3 Å². The van der Waals surface area contributed by atoms with Crippen molar-refractivity contribution < 1.29 is 39.3 Å². The van der Waals surface area contributed by atoms with Crippen LogP contribution in [0.2, 0.25) is 0 Å². The van der Waals surface area contributed by atoms with Gasteiger partial charge in [0.25, 0.3) is 5.91 Å². The molecule has 0 aliphatic heterocycles. The summed E-state index contributed by atoms with van der Waals surface area (Å²) in [7, 11) is 0. The van der Waals surface area contributed by atoms with Crippen LogP contribution < -0.4 is 0 Å². The Kier molecular flexibility index (Phi) is 9.33. The molecule has 0 saturated carbocycles. The SMILES string of the molecule is O=C(O)c1cc(C(=O)O)c(C(=O)N(Cc2cccc(/C=N/OCc3ccccc3)c2)[C@H]2CCCc3ccccc32)cc1C(=O)O. The summed E-state index contributed by atoms with van der Waals surface area (Å²) in [6.45, 7) is 0.359. The molecular weight excluding hydrogens is 576 g/mol. The highest BCUT2D eigenvalue weighted by Gasteiger charge is 2.33. The zero-order valence-corrected chi connectivity index (χ0v) is 24.1. The first-order chi connectivity index (χ1) is 21.7. The van der Waals surface area contributed by atoms with E-state index in [4.69, 9.17) is 4.84 Å². The summed E-state index contributed by atoms with van der Waals surface area (Å²) in [5.74, 6) is -5.47. The Morgan fingerprint density at radius 2 is 1.38 bits per heavy atom. The molecule has 5 rings (SSSR count). The largest absolute Gasteiger partial charge is 0.478 e. The topological polar surface area (TPSA) is 154 Å². The van der Waals surface area contributed by atoms with Gasteiger partial charge in [-0.3, -0.25) is 4.79 Å². The monoisotopic (exact) mass is 606 g/mol. The summed E-state index contributed by atoms with van der Waals surface area (Å²) in [6.07, 6.45) is 3.75. The maximum absolute atomic E-state index is 14.3. The van der Waals surface area contributed by atoms with Gasteiger partial charge in [-0.05, 0) is 65.3 Å². The molecule has 0 radical (unpaired) electrons. The zero-order valence-electron chi connectivity index (χ0n) is 24.1. The van der Waals surface area contributed by atoms with E-state index in [9.17, 15) is 34.5 Å². The Morgan fingerprint density at radius 1 is 0.756 bits per heavy atom. The molecule has 1 amide bonds. The number of benzene rings is 4. The van der Waals surface area contributed by atoms with Crippen molar-refractivity contribution in [1.82, 2.24) is 4.90 Å². The predicted molar refractivity (Wildman–Crippen MR) is 165 cm³/mol. The minimum atomic E-state index is -1.61. The minimum absolute atomic E-state index is 0.0620. The summed E-state index contributed by atoms with van der Waals surface area (Å²) in [5.41, 5.74) is 2.00. The molecule has 0 spiro atoms. The number of oxime groups is 1. The molecule has 4 aromatic rings. The van der Waals surface area contributed by atoms with Crippen LogP contribution in [0.1, 0.15) is 88.1 Å². The van der Waals surface area contributed by atoms with E-state index in [-0.39, 0.29) is 6.54 Å². The van der Waals surface area contributed by atoms with E-state index < -0.39 is 52.1 Å². The van der Waals surface area contributed by atoms with Gasteiger partial charge in [-0.2, -0.15) is 0 Å². The summed E-state index contributed by atoms with van der Waals surface area (Å²) < 4.78 is 0. The van der Waals surface area contributed by atoms with Crippen LogP contribution in [0.3, 0.4) is 0 Å². The van der Waals surface area contributed by atoms with E-state index in [1.807, 2.05) is 72.8 Å². The van der Waals surface area contributed by atoms with E-state index >= 15 is 0 Å². The molecule has 45 heavy (non-hydrogen) atoms. The smallest absolute Gasteiger partial charge is 0.336 e. The predicted octanol–water partition coefficient (Wildman–Crippen LogP) is 6.05. The van der Waals surface area contributed by atoms with Crippen LogP contribution in [0, 0.1) is 0 Å². The fourth-order valence-corrected chi connectivity index (χ4v) is 5.59. The van der Waals surface area contributed by atoms with Crippen LogP contribution in [-0.4, -0.2) is 50.2 Å². The minimum Gasteiger partial charge on any atom is -0.478 e. The number of carbonyl (C=O) groups is 4. The lowest BCUT2D eigenvalue weighted by Gasteiger charge is -2.36. The molecule has 1 atom stereocenters. The first-order valence-electron chi connectivity index (χ1n) is 14.3. The van der Waals surface area contributed by atoms with Gasteiger partial charge < -0.3 is 25.1 Å². The van der Waals surface area contributed by atoms with Crippen LogP contribution in [0.15, 0.2) is 96.2 Å². The van der Waals surface area contributed by atoms with Crippen LogP contribution >= 0.6 is 0 Å². The number of carboxylic acid groups (broad SMARTS) is 3. The Balaban J connectivity index is 1.52. The van der Waals surface area contributed by atoms with Crippen molar-refractivity contribution in [2.45, 2.75) is 38.5 Å². The van der Waals surface area contributed by atoms with E-state index in [0.29, 0.717) is 18.6 Å².